The molecule has 2 N–H and O–H groups in total. The van der Waals surface area contributed by atoms with Gasteiger partial charge in [0.05, 0.1) is 31.7 Å². The monoisotopic (exact) mass is 430 g/mol. The first-order valence-corrected chi connectivity index (χ1v) is 10.6. The van der Waals surface area contributed by atoms with Crippen molar-refractivity contribution in [3.63, 3.8) is 0 Å². The molecule has 2 atom stereocenters. The van der Waals surface area contributed by atoms with Crippen molar-refractivity contribution in [3.05, 3.63) is 90.8 Å². The number of carbonyl (C=O) groups is 1. The molecule has 0 saturated carbocycles. The van der Waals surface area contributed by atoms with Crippen LogP contribution in [0.4, 0.5) is 0 Å². The topological polar surface area (TPSA) is 92.3 Å². The van der Waals surface area contributed by atoms with E-state index in [2.05, 4.69) is 9.97 Å². The third-order valence-corrected chi connectivity index (χ3v) is 5.43. The standard InChI is InChI=1S/C25H26N4O3/c1-18(32-16-19-5-3-2-4-6-19)24(29-15-23(25(26)30)28-17-29)10-12-31-22-8-7-20-9-11-27-14-21(20)13-22/h2-9,11,13-15,17-18,24H,10,12,16H2,1H3,(H2,26,30). The third-order valence-electron chi connectivity index (χ3n) is 5.43. The van der Waals surface area contributed by atoms with Crippen molar-refractivity contribution in [2.24, 2.45) is 5.73 Å². The molecule has 0 spiro atoms. The van der Waals surface area contributed by atoms with E-state index in [1.54, 1.807) is 18.7 Å². The second kappa shape index (κ2) is 10.1. The van der Waals surface area contributed by atoms with Gasteiger partial charge in [-0.05, 0) is 36.1 Å². The van der Waals surface area contributed by atoms with Crippen molar-refractivity contribution in [3.8, 4) is 5.75 Å². The Balaban J connectivity index is 1.44. The quantitative estimate of drug-likeness (QED) is 0.408. The van der Waals surface area contributed by atoms with Gasteiger partial charge in [-0.1, -0.05) is 36.4 Å². The number of nitrogens with zero attached hydrogens (tertiary/aromatic N) is 3. The van der Waals surface area contributed by atoms with Gasteiger partial charge in [0, 0.05) is 30.4 Å². The minimum atomic E-state index is -0.554. The molecule has 4 aromatic rings. The fourth-order valence-corrected chi connectivity index (χ4v) is 3.63. The van der Waals surface area contributed by atoms with Gasteiger partial charge in [-0.3, -0.25) is 9.78 Å². The Kier molecular flexibility index (Phi) is 6.77. The van der Waals surface area contributed by atoms with E-state index in [1.807, 2.05) is 72.3 Å². The molecule has 4 rings (SSSR count). The molecular formula is C25H26N4O3. The Hall–Kier alpha value is -3.71. The van der Waals surface area contributed by atoms with Gasteiger partial charge in [0.25, 0.3) is 5.91 Å². The van der Waals surface area contributed by atoms with Crippen LogP contribution in [-0.2, 0) is 11.3 Å². The summed E-state index contributed by atoms with van der Waals surface area (Å²) in [5.74, 6) is 0.229. The van der Waals surface area contributed by atoms with Gasteiger partial charge < -0.3 is 19.8 Å². The summed E-state index contributed by atoms with van der Waals surface area (Å²) < 4.78 is 14.0. The maximum atomic E-state index is 11.5. The van der Waals surface area contributed by atoms with Crippen molar-refractivity contribution in [1.29, 1.82) is 0 Å². The first-order chi connectivity index (χ1) is 15.6. The summed E-state index contributed by atoms with van der Waals surface area (Å²) in [6, 6.07) is 17.9. The third kappa shape index (κ3) is 5.31. The first kappa shape index (κ1) is 21.5. The molecule has 164 valence electrons. The van der Waals surface area contributed by atoms with E-state index in [0.717, 1.165) is 22.1 Å². The number of carbonyl (C=O) groups excluding carboxylic acids is 1. The van der Waals surface area contributed by atoms with Crippen molar-refractivity contribution in [2.75, 3.05) is 6.61 Å². The van der Waals surface area contributed by atoms with E-state index in [4.69, 9.17) is 15.2 Å². The number of rotatable bonds is 10. The molecule has 32 heavy (non-hydrogen) atoms. The Labute approximate surface area is 186 Å². The van der Waals surface area contributed by atoms with Crippen LogP contribution in [-0.4, -0.2) is 33.2 Å². The van der Waals surface area contributed by atoms with Gasteiger partial charge >= 0.3 is 0 Å². The van der Waals surface area contributed by atoms with Crippen LogP contribution < -0.4 is 10.5 Å². The molecule has 7 nitrogen and oxygen atoms in total. The highest BCUT2D eigenvalue weighted by Gasteiger charge is 2.21. The molecule has 0 aliphatic carbocycles. The highest BCUT2D eigenvalue weighted by molar-refractivity contribution is 5.90. The lowest BCUT2D eigenvalue weighted by Gasteiger charge is -2.26. The summed E-state index contributed by atoms with van der Waals surface area (Å²) in [6.45, 7) is 2.98. The number of pyridine rings is 1. The maximum Gasteiger partial charge on any atom is 0.268 e. The molecule has 2 aromatic carbocycles. The van der Waals surface area contributed by atoms with E-state index < -0.39 is 5.91 Å². The zero-order valence-corrected chi connectivity index (χ0v) is 17.9. The van der Waals surface area contributed by atoms with Crippen LogP contribution in [0.1, 0.15) is 35.4 Å². The van der Waals surface area contributed by atoms with Crippen LogP contribution >= 0.6 is 0 Å². The predicted octanol–water partition coefficient (Wildman–Crippen LogP) is 4.15. The number of ether oxygens (including phenoxy) is 2. The van der Waals surface area contributed by atoms with E-state index in [0.29, 0.717) is 19.6 Å². The molecule has 0 aliphatic heterocycles. The minimum absolute atomic E-state index is 0.0820. The van der Waals surface area contributed by atoms with E-state index in [9.17, 15) is 4.79 Å². The van der Waals surface area contributed by atoms with Gasteiger partial charge in [-0.25, -0.2) is 4.98 Å². The van der Waals surface area contributed by atoms with E-state index in [-0.39, 0.29) is 17.8 Å². The lowest BCUT2D eigenvalue weighted by Crippen LogP contribution is -2.25. The van der Waals surface area contributed by atoms with E-state index in [1.165, 1.54) is 0 Å². The Morgan fingerprint density at radius 3 is 2.75 bits per heavy atom. The Morgan fingerprint density at radius 1 is 1.12 bits per heavy atom. The second-order valence-corrected chi connectivity index (χ2v) is 7.66. The average molecular weight is 431 g/mol. The zero-order valence-electron chi connectivity index (χ0n) is 17.9. The second-order valence-electron chi connectivity index (χ2n) is 7.66. The molecule has 2 unspecified atom stereocenters. The van der Waals surface area contributed by atoms with Crippen LogP contribution in [0.5, 0.6) is 5.75 Å². The maximum absolute atomic E-state index is 11.5. The molecule has 0 saturated heterocycles. The molecule has 0 fully saturated rings. The lowest BCUT2D eigenvalue weighted by molar-refractivity contribution is 0.0113. The van der Waals surface area contributed by atoms with Gasteiger partial charge in [-0.15, -0.1) is 0 Å². The van der Waals surface area contributed by atoms with Gasteiger partial charge in [0.2, 0.25) is 0 Å². The number of primary amides is 1. The van der Waals surface area contributed by atoms with Crippen LogP contribution in [0, 0.1) is 0 Å². The van der Waals surface area contributed by atoms with Crippen LogP contribution in [0.2, 0.25) is 0 Å². The molecular weight excluding hydrogens is 404 g/mol. The largest absolute Gasteiger partial charge is 0.493 e. The lowest BCUT2D eigenvalue weighted by atomic mass is 10.1. The molecule has 0 radical (unpaired) electrons. The Bertz CT molecular complexity index is 1180. The number of nitrogens with two attached hydrogens (primary N) is 1. The fraction of sp³-hybridized carbons (Fsp3) is 0.240. The number of hydrogen-bond acceptors (Lipinski definition) is 5. The summed E-state index contributed by atoms with van der Waals surface area (Å²) in [7, 11) is 0. The molecule has 0 bridgehead atoms. The average Bonchev–Trinajstić information content (AvgIpc) is 3.31. The van der Waals surface area contributed by atoms with Gasteiger partial charge in [-0.2, -0.15) is 0 Å². The minimum Gasteiger partial charge on any atom is -0.493 e. The zero-order chi connectivity index (χ0) is 22.3. The first-order valence-electron chi connectivity index (χ1n) is 10.6. The number of hydrogen-bond donors (Lipinski definition) is 1. The number of imidazole rings is 1. The number of benzene rings is 2. The van der Waals surface area contributed by atoms with Crippen molar-refractivity contribution in [1.82, 2.24) is 14.5 Å². The summed E-state index contributed by atoms with van der Waals surface area (Å²) >= 11 is 0. The number of fused-ring (bicyclic) bond motifs is 1. The van der Waals surface area contributed by atoms with E-state index >= 15 is 0 Å². The smallest absolute Gasteiger partial charge is 0.268 e. The summed E-state index contributed by atoms with van der Waals surface area (Å²) in [5.41, 5.74) is 6.71. The van der Waals surface area contributed by atoms with Gasteiger partial charge in [0.15, 0.2) is 0 Å². The summed E-state index contributed by atoms with van der Waals surface area (Å²) in [5, 5.41) is 2.15. The fourth-order valence-electron chi connectivity index (χ4n) is 3.63. The van der Waals surface area contributed by atoms with Crippen LogP contribution in [0.3, 0.4) is 0 Å². The van der Waals surface area contributed by atoms with Crippen molar-refractivity contribution in [2.45, 2.75) is 32.1 Å². The highest BCUT2D eigenvalue weighted by Crippen LogP contribution is 2.24. The molecule has 0 aliphatic rings. The van der Waals surface area contributed by atoms with Crippen LogP contribution in [0.15, 0.2) is 79.5 Å². The molecule has 2 heterocycles. The SMILES string of the molecule is CC(OCc1ccccc1)C(CCOc1ccc2ccncc2c1)n1cnc(C(N)=O)c1. The van der Waals surface area contributed by atoms with Crippen molar-refractivity contribution >= 4 is 16.7 Å². The summed E-state index contributed by atoms with van der Waals surface area (Å²) in [6.07, 6.45) is 7.40. The van der Waals surface area contributed by atoms with Gasteiger partial charge in [0.1, 0.15) is 11.4 Å². The summed E-state index contributed by atoms with van der Waals surface area (Å²) in [4.78, 5) is 19.8. The number of amides is 1. The molecule has 7 heteroatoms. The predicted molar refractivity (Wildman–Crippen MR) is 122 cm³/mol. The molecule has 2 aromatic heterocycles. The van der Waals surface area contributed by atoms with Crippen molar-refractivity contribution < 1.29 is 14.3 Å². The van der Waals surface area contributed by atoms with Crippen LogP contribution in [0.25, 0.3) is 10.8 Å². The molecule has 1 amide bonds. The number of aromatic nitrogens is 3. The normalized spacial score (nSPS) is 13.0. The highest BCUT2D eigenvalue weighted by atomic mass is 16.5. The Morgan fingerprint density at radius 2 is 1.97 bits per heavy atom.